The van der Waals surface area contributed by atoms with E-state index in [-0.39, 0.29) is 11.2 Å². The summed E-state index contributed by atoms with van der Waals surface area (Å²) in [5.74, 6) is 2.03. The third-order valence-electron chi connectivity index (χ3n) is 2.62. The molecule has 0 fully saturated rings. The second kappa shape index (κ2) is 5.93. The van der Waals surface area contributed by atoms with Crippen molar-refractivity contribution in [2.75, 3.05) is 0 Å². The Hall–Kier alpha value is -1.74. The van der Waals surface area contributed by atoms with Crippen molar-refractivity contribution in [1.82, 2.24) is 14.8 Å². The molecule has 1 atom stereocenters. The first-order valence-corrected chi connectivity index (χ1v) is 7.01. The van der Waals surface area contributed by atoms with Gasteiger partial charge >= 0.3 is 0 Å². The molecule has 0 saturated carbocycles. The molecule has 5 nitrogen and oxygen atoms in total. The lowest BCUT2D eigenvalue weighted by molar-refractivity contribution is 0.475. The summed E-state index contributed by atoms with van der Waals surface area (Å²) in [6, 6.07) is 5.98. The first-order chi connectivity index (χ1) is 9.11. The highest BCUT2D eigenvalue weighted by Gasteiger charge is 2.18. The largest absolute Gasteiger partial charge is 0.467 e. The van der Waals surface area contributed by atoms with Crippen LogP contribution in [0.2, 0.25) is 0 Å². The van der Waals surface area contributed by atoms with Crippen LogP contribution in [0, 0.1) is 11.3 Å². The van der Waals surface area contributed by atoms with Crippen LogP contribution in [0.5, 0.6) is 0 Å². The molecule has 2 heterocycles. The molecule has 19 heavy (non-hydrogen) atoms. The molecular formula is C13H16N4OS. The quantitative estimate of drug-likeness (QED) is 0.785. The van der Waals surface area contributed by atoms with Gasteiger partial charge in [-0.25, -0.2) is 0 Å². The van der Waals surface area contributed by atoms with Crippen molar-refractivity contribution >= 4 is 11.8 Å². The summed E-state index contributed by atoms with van der Waals surface area (Å²) in [6.45, 7) is 6.59. The van der Waals surface area contributed by atoms with Crippen molar-refractivity contribution in [1.29, 1.82) is 5.26 Å². The van der Waals surface area contributed by atoms with Crippen LogP contribution in [0.25, 0.3) is 0 Å². The van der Waals surface area contributed by atoms with Gasteiger partial charge in [0.2, 0.25) is 0 Å². The second-order valence-electron chi connectivity index (χ2n) is 4.55. The Balaban J connectivity index is 2.31. The molecule has 0 aliphatic heterocycles. The molecular weight excluding hydrogens is 260 g/mol. The van der Waals surface area contributed by atoms with Crippen LogP contribution in [-0.2, 0) is 6.54 Å². The SMILES string of the molecule is CC(C#N)Sc1nnc(C(C)C)n1Cc1ccco1. The van der Waals surface area contributed by atoms with Crippen molar-refractivity contribution in [3.8, 4) is 6.07 Å². The summed E-state index contributed by atoms with van der Waals surface area (Å²) < 4.78 is 7.39. The molecule has 2 rings (SSSR count). The van der Waals surface area contributed by atoms with Crippen molar-refractivity contribution in [3.05, 3.63) is 30.0 Å². The van der Waals surface area contributed by atoms with E-state index in [0.29, 0.717) is 6.54 Å². The number of hydrogen-bond donors (Lipinski definition) is 0. The van der Waals surface area contributed by atoms with Crippen molar-refractivity contribution in [2.45, 2.75) is 43.6 Å². The van der Waals surface area contributed by atoms with E-state index in [9.17, 15) is 0 Å². The van der Waals surface area contributed by atoms with Gasteiger partial charge in [-0.1, -0.05) is 25.6 Å². The molecule has 0 saturated heterocycles. The average molecular weight is 276 g/mol. The van der Waals surface area contributed by atoms with E-state index >= 15 is 0 Å². The highest BCUT2D eigenvalue weighted by atomic mass is 32.2. The van der Waals surface area contributed by atoms with Crippen LogP contribution >= 0.6 is 11.8 Å². The van der Waals surface area contributed by atoms with Crippen LogP contribution in [-0.4, -0.2) is 20.0 Å². The summed E-state index contributed by atoms with van der Waals surface area (Å²) in [5.41, 5.74) is 0. The Kier molecular flexibility index (Phi) is 4.27. The average Bonchev–Trinajstić information content (AvgIpc) is 3.00. The van der Waals surface area contributed by atoms with Gasteiger partial charge in [0.25, 0.3) is 0 Å². The predicted octanol–water partition coefficient (Wildman–Crippen LogP) is 3.05. The zero-order chi connectivity index (χ0) is 13.8. The summed E-state index contributed by atoms with van der Waals surface area (Å²) in [6.07, 6.45) is 1.65. The third kappa shape index (κ3) is 3.18. The molecule has 2 aromatic rings. The standard InChI is InChI=1S/C13H16N4OS/c1-9(2)12-15-16-13(19-10(3)7-14)17(12)8-11-5-4-6-18-11/h4-6,9-10H,8H2,1-3H3. The monoisotopic (exact) mass is 276 g/mol. The highest BCUT2D eigenvalue weighted by molar-refractivity contribution is 8.00. The fourth-order valence-electron chi connectivity index (χ4n) is 1.71. The summed E-state index contributed by atoms with van der Waals surface area (Å²) in [7, 11) is 0. The molecule has 100 valence electrons. The smallest absolute Gasteiger partial charge is 0.192 e. The highest BCUT2D eigenvalue weighted by Crippen LogP contribution is 2.25. The number of rotatable bonds is 5. The van der Waals surface area contributed by atoms with E-state index in [1.54, 1.807) is 6.26 Å². The predicted molar refractivity (Wildman–Crippen MR) is 72.9 cm³/mol. The maximum atomic E-state index is 8.91. The first-order valence-electron chi connectivity index (χ1n) is 6.13. The van der Waals surface area contributed by atoms with Crippen molar-refractivity contribution < 1.29 is 4.42 Å². The van der Waals surface area contributed by atoms with Gasteiger partial charge in [-0.3, -0.25) is 4.57 Å². The Morgan fingerprint density at radius 1 is 1.42 bits per heavy atom. The number of furan rings is 1. The van der Waals surface area contributed by atoms with Gasteiger partial charge in [0.15, 0.2) is 5.16 Å². The molecule has 2 aromatic heterocycles. The minimum absolute atomic E-state index is 0.153. The van der Waals surface area contributed by atoms with E-state index in [1.807, 2.05) is 23.6 Å². The van der Waals surface area contributed by atoms with Gasteiger partial charge in [-0.2, -0.15) is 5.26 Å². The number of nitrogens with zero attached hydrogens (tertiary/aromatic N) is 4. The molecule has 0 aliphatic rings. The fraction of sp³-hybridized carbons (Fsp3) is 0.462. The molecule has 0 N–H and O–H groups in total. The van der Waals surface area contributed by atoms with Gasteiger partial charge in [0.05, 0.1) is 24.1 Å². The molecule has 6 heteroatoms. The van der Waals surface area contributed by atoms with Crippen LogP contribution in [0.15, 0.2) is 28.0 Å². The van der Waals surface area contributed by atoms with Crippen LogP contribution in [0.1, 0.15) is 38.3 Å². The van der Waals surface area contributed by atoms with Gasteiger partial charge in [-0.15, -0.1) is 10.2 Å². The Morgan fingerprint density at radius 3 is 2.79 bits per heavy atom. The topological polar surface area (TPSA) is 67.6 Å². The normalized spacial score (nSPS) is 12.6. The zero-order valence-electron chi connectivity index (χ0n) is 11.2. The minimum Gasteiger partial charge on any atom is -0.467 e. The number of thioether (sulfide) groups is 1. The van der Waals surface area contributed by atoms with Crippen molar-refractivity contribution in [3.63, 3.8) is 0 Å². The van der Waals surface area contributed by atoms with Gasteiger partial charge in [-0.05, 0) is 19.1 Å². The number of nitriles is 1. The molecule has 0 radical (unpaired) electrons. The maximum absolute atomic E-state index is 8.91. The lowest BCUT2D eigenvalue weighted by Gasteiger charge is -2.10. The van der Waals surface area contributed by atoms with Gasteiger partial charge in [0, 0.05) is 5.92 Å². The molecule has 0 aromatic carbocycles. The number of hydrogen-bond acceptors (Lipinski definition) is 5. The van der Waals surface area contributed by atoms with Gasteiger partial charge < -0.3 is 4.42 Å². The molecule has 0 spiro atoms. The number of aromatic nitrogens is 3. The van der Waals surface area contributed by atoms with Gasteiger partial charge in [0.1, 0.15) is 11.6 Å². The van der Waals surface area contributed by atoms with Crippen molar-refractivity contribution in [2.24, 2.45) is 0 Å². The Morgan fingerprint density at radius 2 is 2.21 bits per heavy atom. The summed E-state index contributed by atoms with van der Waals surface area (Å²) in [5, 5.41) is 17.9. The van der Waals surface area contributed by atoms with E-state index in [0.717, 1.165) is 16.7 Å². The molecule has 0 aliphatic carbocycles. The molecule has 0 amide bonds. The van der Waals surface area contributed by atoms with Crippen LogP contribution in [0.4, 0.5) is 0 Å². The first kappa shape index (κ1) is 13.7. The third-order valence-corrected chi connectivity index (χ3v) is 3.59. The van der Waals surface area contributed by atoms with Crippen LogP contribution < -0.4 is 0 Å². The van der Waals surface area contributed by atoms with Crippen LogP contribution in [0.3, 0.4) is 0 Å². The van der Waals surface area contributed by atoms with E-state index in [1.165, 1.54) is 11.8 Å². The van der Waals surface area contributed by atoms with E-state index in [2.05, 4.69) is 30.1 Å². The minimum atomic E-state index is -0.153. The fourth-order valence-corrected chi connectivity index (χ4v) is 2.45. The Labute approximate surface area is 116 Å². The molecule has 0 bridgehead atoms. The van der Waals surface area contributed by atoms with E-state index in [4.69, 9.17) is 9.68 Å². The zero-order valence-corrected chi connectivity index (χ0v) is 12.0. The molecule has 1 unspecified atom stereocenters. The van der Waals surface area contributed by atoms with E-state index < -0.39 is 0 Å². The summed E-state index contributed by atoms with van der Waals surface area (Å²) >= 11 is 1.42. The maximum Gasteiger partial charge on any atom is 0.192 e. The second-order valence-corrected chi connectivity index (χ2v) is 5.86. The lowest BCUT2D eigenvalue weighted by Crippen LogP contribution is -2.08. The Bertz CT molecular complexity index is 568. The lowest BCUT2D eigenvalue weighted by atomic mass is 10.2. The summed E-state index contributed by atoms with van der Waals surface area (Å²) in [4.78, 5) is 0.